The van der Waals surface area contributed by atoms with Crippen molar-refractivity contribution in [1.82, 2.24) is 9.78 Å². The maximum absolute atomic E-state index is 13.0. The summed E-state index contributed by atoms with van der Waals surface area (Å²) in [6, 6.07) is 25.2. The van der Waals surface area contributed by atoms with Crippen LogP contribution in [0.3, 0.4) is 0 Å². The van der Waals surface area contributed by atoms with E-state index in [4.69, 9.17) is 5.10 Å². The minimum absolute atomic E-state index is 0.303. The Hall–Kier alpha value is -3.99. The fraction of sp³-hybridized carbons (Fsp3) is 0. The molecule has 4 nitrogen and oxygen atoms in total. The van der Waals surface area contributed by atoms with Crippen molar-refractivity contribution in [3.05, 3.63) is 109 Å². The monoisotopic (exact) mass is 383 g/mol. The highest BCUT2D eigenvalue weighted by Gasteiger charge is 2.10. The molecule has 1 amide bonds. The second-order valence-corrected chi connectivity index (χ2v) is 6.41. The van der Waals surface area contributed by atoms with Gasteiger partial charge in [-0.2, -0.15) is 5.10 Å². The molecule has 0 aliphatic heterocycles. The molecule has 0 spiro atoms. The van der Waals surface area contributed by atoms with Gasteiger partial charge in [0.25, 0.3) is 0 Å². The molecule has 4 aromatic rings. The molecule has 5 heteroatoms. The normalized spacial score (nSPS) is 10.9. The molecule has 1 heterocycles. The molecule has 0 radical (unpaired) electrons. The van der Waals surface area contributed by atoms with Crippen molar-refractivity contribution in [2.45, 2.75) is 0 Å². The minimum atomic E-state index is -0.348. The van der Waals surface area contributed by atoms with E-state index in [0.29, 0.717) is 5.69 Å². The summed E-state index contributed by atoms with van der Waals surface area (Å²) in [5.41, 5.74) is 4.01. The number of carbonyl (C=O) groups is 1. The Morgan fingerprint density at radius 1 is 0.897 bits per heavy atom. The van der Waals surface area contributed by atoms with Crippen molar-refractivity contribution < 1.29 is 9.18 Å². The summed E-state index contributed by atoms with van der Waals surface area (Å²) in [4.78, 5) is 12.3. The van der Waals surface area contributed by atoms with Crippen LogP contribution in [0.25, 0.3) is 23.0 Å². The number of nitrogens with one attached hydrogen (secondary N) is 1. The first kappa shape index (κ1) is 18.4. The van der Waals surface area contributed by atoms with Crippen molar-refractivity contribution in [2.24, 2.45) is 0 Å². The van der Waals surface area contributed by atoms with Crippen LogP contribution in [0.4, 0.5) is 10.1 Å². The van der Waals surface area contributed by atoms with Gasteiger partial charge in [0.1, 0.15) is 5.82 Å². The summed E-state index contributed by atoms with van der Waals surface area (Å²) in [6.07, 6.45) is 5.06. The first-order valence-corrected chi connectivity index (χ1v) is 9.14. The number of halogens is 1. The maximum Gasteiger partial charge on any atom is 0.248 e. The number of para-hydroxylation sites is 1. The largest absolute Gasteiger partial charge is 0.323 e. The van der Waals surface area contributed by atoms with Crippen molar-refractivity contribution in [1.29, 1.82) is 0 Å². The van der Waals surface area contributed by atoms with Gasteiger partial charge in [-0.1, -0.05) is 48.5 Å². The molecule has 0 saturated carbocycles. The summed E-state index contributed by atoms with van der Waals surface area (Å²) in [5, 5.41) is 7.43. The van der Waals surface area contributed by atoms with Crippen molar-refractivity contribution in [2.75, 3.05) is 5.32 Å². The molecular weight excluding hydrogens is 365 g/mol. The zero-order valence-corrected chi connectivity index (χ0v) is 15.5. The van der Waals surface area contributed by atoms with Gasteiger partial charge in [-0.05, 0) is 42.5 Å². The van der Waals surface area contributed by atoms with Gasteiger partial charge < -0.3 is 5.32 Å². The molecule has 0 aliphatic carbocycles. The Balaban J connectivity index is 1.63. The second kappa shape index (κ2) is 8.35. The van der Waals surface area contributed by atoms with Gasteiger partial charge in [0.05, 0.1) is 11.4 Å². The van der Waals surface area contributed by atoms with E-state index in [1.165, 1.54) is 30.3 Å². The average molecular weight is 383 g/mol. The Morgan fingerprint density at radius 2 is 1.55 bits per heavy atom. The summed E-state index contributed by atoms with van der Waals surface area (Å²) in [6.45, 7) is 0. The van der Waals surface area contributed by atoms with Gasteiger partial charge in [0.15, 0.2) is 0 Å². The van der Waals surface area contributed by atoms with Crippen LogP contribution in [0.1, 0.15) is 5.56 Å². The molecule has 4 rings (SSSR count). The SMILES string of the molecule is O=C(/C=C\c1cn(-c2ccccc2)nc1-c1ccccc1)Nc1ccc(F)cc1. The molecule has 0 atom stereocenters. The smallest absolute Gasteiger partial charge is 0.248 e. The number of benzene rings is 3. The summed E-state index contributed by atoms with van der Waals surface area (Å²) in [5.74, 6) is -0.651. The van der Waals surface area contributed by atoms with E-state index in [9.17, 15) is 9.18 Å². The lowest BCUT2D eigenvalue weighted by molar-refractivity contribution is -0.111. The highest BCUT2D eigenvalue weighted by Crippen LogP contribution is 2.24. The molecular formula is C24H18FN3O. The number of rotatable bonds is 5. The molecule has 1 aromatic heterocycles. The highest BCUT2D eigenvalue weighted by molar-refractivity contribution is 6.02. The Bertz CT molecular complexity index is 1130. The molecule has 0 bridgehead atoms. The number of amides is 1. The average Bonchev–Trinajstić information content (AvgIpc) is 3.20. The van der Waals surface area contributed by atoms with Gasteiger partial charge in [0, 0.05) is 29.1 Å². The van der Waals surface area contributed by atoms with E-state index >= 15 is 0 Å². The first-order valence-electron chi connectivity index (χ1n) is 9.14. The first-order chi connectivity index (χ1) is 14.2. The zero-order chi connectivity index (χ0) is 20.1. The third-order valence-corrected chi connectivity index (χ3v) is 4.34. The summed E-state index contributed by atoms with van der Waals surface area (Å²) < 4.78 is 14.8. The van der Waals surface area contributed by atoms with Gasteiger partial charge in [-0.3, -0.25) is 4.79 Å². The fourth-order valence-corrected chi connectivity index (χ4v) is 2.93. The van der Waals surface area contributed by atoms with Crippen LogP contribution in [0.2, 0.25) is 0 Å². The molecule has 1 N–H and O–H groups in total. The lowest BCUT2D eigenvalue weighted by Gasteiger charge is -2.01. The van der Waals surface area contributed by atoms with E-state index in [0.717, 1.165) is 22.5 Å². The predicted molar refractivity (Wildman–Crippen MR) is 113 cm³/mol. The van der Waals surface area contributed by atoms with Gasteiger partial charge in [-0.15, -0.1) is 0 Å². The van der Waals surface area contributed by atoms with E-state index < -0.39 is 0 Å². The number of nitrogens with zero attached hydrogens (tertiary/aromatic N) is 2. The second-order valence-electron chi connectivity index (χ2n) is 6.41. The van der Waals surface area contributed by atoms with Crippen LogP contribution in [0.5, 0.6) is 0 Å². The van der Waals surface area contributed by atoms with Crippen LogP contribution in [-0.4, -0.2) is 15.7 Å². The Kier molecular flexibility index (Phi) is 5.29. The number of anilines is 1. The lowest BCUT2D eigenvalue weighted by atomic mass is 10.1. The summed E-state index contributed by atoms with van der Waals surface area (Å²) in [7, 11) is 0. The quantitative estimate of drug-likeness (QED) is 0.474. The number of hydrogen-bond acceptors (Lipinski definition) is 2. The van der Waals surface area contributed by atoms with E-state index in [1.807, 2.05) is 66.9 Å². The standard InChI is InChI=1S/C24H18FN3O/c25-20-12-14-21(15-13-20)26-23(29)16-11-19-17-28(22-9-5-2-6-10-22)27-24(19)18-7-3-1-4-8-18/h1-17H,(H,26,29)/b16-11-. The van der Waals surface area contributed by atoms with Crippen LogP contribution >= 0.6 is 0 Å². The van der Waals surface area contributed by atoms with Gasteiger partial charge >= 0.3 is 0 Å². The van der Waals surface area contributed by atoms with Crippen LogP contribution < -0.4 is 5.32 Å². The number of aromatic nitrogens is 2. The van der Waals surface area contributed by atoms with Crippen molar-refractivity contribution in [3.63, 3.8) is 0 Å². The predicted octanol–water partition coefficient (Wildman–Crippen LogP) is 5.33. The Labute approximate surface area is 167 Å². The van der Waals surface area contributed by atoms with Crippen LogP contribution in [0, 0.1) is 5.82 Å². The van der Waals surface area contributed by atoms with E-state index in [1.54, 1.807) is 10.8 Å². The molecule has 0 saturated heterocycles. The summed E-state index contributed by atoms with van der Waals surface area (Å²) >= 11 is 0. The number of hydrogen-bond donors (Lipinski definition) is 1. The lowest BCUT2D eigenvalue weighted by Crippen LogP contribution is -2.07. The van der Waals surface area contributed by atoms with Crippen LogP contribution in [0.15, 0.2) is 97.2 Å². The molecule has 0 fully saturated rings. The number of carbonyl (C=O) groups excluding carboxylic acids is 1. The van der Waals surface area contributed by atoms with Crippen molar-refractivity contribution >= 4 is 17.7 Å². The third kappa shape index (κ3) is 4.47. The van der Waals surface area contributed by atoms with E-state index in [2.05, 4.69) is 5.32 Å². The minimum Gasteiger partial charge on any atom is -0.323 e. The fourth-order valence-electron chi connectivity index (χ4n) is 2.93. The van der Waals surface area contributed by atoms with E-state index in [-0.39, 0.29) is 11.7 Å². The third-order valence-electron chi connectivity index (χ3n) is 4.34. The van der Waals surface area contributed by atoms with Gasteiger partial charge in [-0.25, -0.2) is 9.07 Å². The zero-order valence-electron chi connectivity index (χ0n) is 15.5. The van der Waals surface area contributed by atoms with Crippen molar-refractivity contribution in [3.8, 4) is 16.9 Å². The molecule has 3 aromatic carbocycles. The molecule has 29 heavy (non-hydrogen) atoms. The maximum atomic E-state index is 13.0. The Morgan fingerprint density at radius 3 is 2.24 bits per heavy atom. The van der Waals surface area contributed by atoms with Crippen LogP contribution in [-0.2, 0) is 4.79 Å². The highest BCUT2D eigenvalue weighted by atomic mass is 19.1. The molecule has 0 aliphatic rings. The molecule has 142 valence electrons. The molecule has 0 unspecified atom stereocenters. The topological polar surface area (TPSA) is 46.9 Å². The van der Waals surface area contributed by atoms with Gasteiger partial charge in [0.2, 0.25) is 5.91 Å².